The van der Waals surface area contributed by atoms with Gasteiger partial charge in [-0.3, -0.25) is 9.59 Å². The number of anilines is 2. The first-order chi connectivity index (χ1) is 15.0. The molecule has 0 saturated carbocycles. The molecule has 1 aliphatic heterocycles. The Hall–Kier alpha value is -3.77. The maximum absolute atomic E-state index is 13.4. The van der Waals surface area contributed by atoms with Gasteiger partial charge in [0.15, 0.2) is 0 Å². The average Bonchev–Trinajstić information content (AvgIpc) is 3.04. The van der Waals surface area contributed by atoms with Crippen LogP contribution in [0.15, 0.2) is 78.5 Å². The molecule has 4 rings (SSSR count). The first kappa shape index (κ1) is 20.5. The number of amides is 2. The number of rotatable bonds is 6. The molecule has 1 aliphatic rings. The zero-order chi connectivity index (χ0) is 22.0. The molecule has 0 bridgehead atoms. The van der Waals surface area contributed by atoms with Gasteiger partial charge in [-0.05, 0) is 29.8 Å². The average molecular weight is 435 g/mol. The zero-order valence-corrected chi connectivity index (χ0v) is 17.6. The Kier molecular flexibility index (Phi) is 5.64. The van der Waals surface area contributed by atoms with E-state index in [1.807, 2.05) is 18.2 Å². The monoisotopic (exact) mass is 434 g/mol. The van der Waals surface area contributed by atoms with E-state index in [-0.39, 0.29) is 11.3 Å². The van der Waals surface area contributed by atoms with E-state index in [2.05, 4.69) is 5.32 Å². The standard InChI is InChI=1S/C24H19ClN2O4/c1-30-16-12-13-18(20(14-16)31-2)26-22-21(15-8-4-3-5-9-15)23(28)27(24(22)29)19-11-7-6-10-17(19)25/h3-14,26H,1-2H3. The quantitative estimate of drug-likeness (QED) is 0.567. The molecule has 0 aromatic heterocycles. The molecule has 156 valence electrons. The summed E-state index contributed by atoms with van der Waals surface area (Å²) < 4.78 is 10.7. The van der Waals surface area contributed by atoms with Gasteiger partial charge in [0.1, 0.15) is 17.2 Å². The van der Waals surface area contributed by atoms with Gasteiger partial charge in [-0.2, -0.15) is 0 Å². The van der Waals surface area contributed by atoms with E-state index >= 15 is 0 Å². The summed E-state index contributed by atoms with van der Waals surface area (Å²) in [6, 6.07) is 20.9. The van der Waals surface area contributed by atoms with E-state index in [9.17, 15) is 9.59 Å². The number of para-hydroxylation sites is 1. The Morgan fingerprint density at radius 3 is 2.23 bits per heavy atom. The summed E-state index contributed by atoms with van der Waals surface area (Å²) in [5.41, 5.74) is 1.85. The Morgan fingerprint density at radius 2 is 1.55 bits per heavy atom. The predicted octanol–water partition coefficient (Wildman–Crippen LogP) is 4.75. The lowest BCUT2D eigenvalue weighted by Gasteiger charge is -2.17. The van der Waals surface area contributed by atoms with Crippen LogP contribution in [0, 0.1) is 0 Å². The number of nitrogens with one attached hydrogen (secondary N) is 1. The van der Waals surface area contributed by atoms with Gasteiger partial charge in [-0.1, -0.05) is 54.1 Å². The molecule has 0 unspecified atom stereocenters. The van der Waals surface area contributed by atoms with Gasteiger partial charge in [0.05, 0.1) is 36.2 Å². The number of benzene rings is 3. The van der Waals surface area contributed by atoms with Crippen molar-refractivity contribution in [3.8, 4) is 11.5 Å². The van der Waals surface area contributed by atoms with Crippen molar-refractivity contribution in [1.29, 1.82) is 0 Å². The molecule has 0 atom stereocenters. The number of methoxy groups -OCH3 is 2. The van der Waals surface area contributed by atoms with E-state index in [1.54, 1.807) is 61.7 Å². The molecule has 0 aliphatic carbocycles. The minimum Gasteiger partial charge on any atom is -0.497 e. The first-order valence-electron chi connectivity index (χ1n) is 9.47. The summed E-state index contributed by atoms with van der Waals surface area (Å²) in [5.74, 6) is 0.107. The van der Waals surface area contributed by atoms with Crippen molar-refractivity contribution >= 4 is 40.4 Å². The minimum absolute atomic E-state index is 0.139. The summed E-state index contributed by atoms with van der Waals surface area (Å²) >= 11 is 6.30. The number of imide groups is 1. The second kappa shape index (κ2) is 8.53. The number of nitrogens with zero attached hydrogens (tertiary/aromatic N) is 1. The van der Waals surface area contributed by atoms with Crippen molar-refractivity contribution in [2.75, 3.05) is 24.4 Å². The number of hydrogen-bond donors (Lipinski definition) is 1. The molecule has 7 heteroatoms. The van der Waals surface area contributed by atoms with Crippen molar-refractivity contribution in [1.82, 2.24) is 0 Å². The maximum atomic E-state index is 13.4. The third kappa shape index (κ3) is 3.73. The van der Waals surface area contributed by atoms with Crippen molar-refractivity contribution in [3.05, 3.63) is 89.1 Å². The predicted molar refractivity (Wildman–Crippen MR) is 120 cm³/mol. The fourth-order valence-electron chi connectivity index (χ4n) is 3.41. The highest BCUT2D eigenvalue weighted by atomic mass is 35.5. The van der Waals surface area contributed by atoms with Crippen LogP contribution in [0.2, 0.25) is 5.02 Å². The Balaban J connectivity index is 1.84. The number of carbonyl (C=O) groups excluding carboxylic acids is 2. The van der Waals surface area contributed by atoms with E-state index in [0.29, 0.717) is 33.5 Å². The molecule has 0 fully saturated rings. The third-order valence-corrected chi connectivity index (χ3v) is 5.23. The highest BCUT2D eigenvalue weighted by Gasteiger charge is 2.41. The van der Waals surface area contributed by atoms with Gasteiger partial charge in [-0.15, -0.1) is 0 Å². The van der Waals surface area contributed by atoms with Crippen molar-refractivity contribution < 1.29 is 19.1 Å². The number of halogens is 1. The number of carbonyl (C=O) groups is 2. The largest absolute Gasteiger partial charge is 0.497 e. The highest BCUT2D eigenvalue weighted by molar-refractivity contribution is 6.48. The summed E-state index contributed by atoms with van der Waals surface area (Å²) in [4.78, 5) is 27.9. The molecule has 1 N–H and O–H groups in total. The van der Waals surface area contributed by atoms with Crippen LogP contribution in [-0.2, 0) is 9.59 Å². The first-order valence-corrected chi connectivity index (χ1v) is 9.85. The van der Waals surface area contributed by atoms with E-state index in [0.717, 1.165) is 4.90 Å². The lowest BCUT2D eigenvalue weighted by atomic mass is 10.0. The van der Waals surface area contributed by atoms with Crippen LogP contribution in [0.4, 0.5) is 11.4 Å². The second-order valence-electron chi connectivity index (χ2n) is 6.70. The number of hydrogen-bond acceptors (Lipinski definition) is 5. The normalized spacial score (nSPS) is 13.6. The van der Waals surface area contributed by atoms with E-state index in [4.69, 9.17) is 21.1 Å². The van der Waals surface area contributed by atoms with Crippen LogP contribution in [0.25, 0.3) is 5.57 Å². The summed E-state index contributed by atoms with van der Waals surface area (Å²) in [6.45, 7) is 0. The third-order valence-electron chi connectivity index (χ3n) is 4.91. The van der Waals surface area contributed by atoms with Gasteiger partial charge in [0.25, 0.3) is 11.8 Å². The number of ether oxygens (including phenoxy) is 2. The fourth-order valence-corrected chi connectivity index (χ4v) is 3.63. The van der Waals surface area contributed by atoms with Crippen molar-refractivity contribution in [2.24, 2.45) is 0 Å². The minimum atomic E-state index is -0.505. The molecular weight excluding hydrogens is 416 g/mol. The van der Waals surface area contributed by atoms with Gasteiger partial charge in [-0.25, -0.2) is 4.90 Å². The molecule has 1 heterocycles. The highest BCUT2D eigenvalue weighted by Crippen LogP contribution is 2.38. The molecule has 2 amide bonds. The summed E-state index contributed by atoms with van der Waals surface area (Å²) in [6.07, 6.45) is 0. The van der Waals surface area contributed by atoms with Crippen LogP contribution in [0.1, 0.15) is 5.56 Å². The second-order valence-corrected chi connectivity index (χ2v) is 7.11. The zero-order valence-electron chi connectivity index (χ0n) is 16.9. The fraction of sp³-hybridized carbons (Fsp3) is 0.0833. The molecule has 3 aromatic carbocycles. The van der Waals surface area contributed by atoms with Gasteiger partial charge in [0, 0.05) is 6.07 Å². The molecule has 0 radical (unpaired) electrons. The Labute approximate surface area is 184 Å². The molecule has 31 heavy (non-hydrogen) atoms. The maximum Gasteiger partial charge on any atom is 0.282 e. The SMILES string of the molecule is COc1ccc(NC2=C(c3ccccc3)C(=O)N(c3ccccc3Cl)C2=O)c(OC)c1. The molecular formula is C24H19ClN2O4. The molecule has 6 nitrogen and oxygen atoms in total. The van der Waals surface area contributed by atoms with Crippen LogP contribution >= 0.6 is 11.6 Å². The Bertz CT molecular complexity index is 1190. The van der Waals surface area contributed by atoms with Crippen LogP contribution < -0.4 is 19.7 Å². The van der Waals surface area contributed by atoms with Crippen LogP contribution in [0.3, 0.4) is 0 Å². The molecule has 0 saturated heterocycles. The van der Waals surface area contributed by atoms with Gasteiger partial charge >= 0.3 is 0 Å². The van der Waals surface area contributed by atoms with Crippen LogP contribution in [0.5, 0.6) is 11.5 Å². The van der Waals surface area contributed by atoms with E-state index in [1.165, 1.54) is 7.11 Å². The van der Waals surface area contributed by atoms with Gasteiger partial charge < -0.3 is 14.8 Å². The smallest absolute Gasteiger partial charge is 0.282 e. The lowest BCUT2D eigenvalue weighted by Crippen LogP contribution is -2.32. The summed E-state index contributed by atoms with van der Waals surface area (Å²) in [5, 5.41) is 3.41. The molecule has 0 spiro atoms. The lowest BCUT2D eigenvalue weighted by molar-refractivity contribution is -0.120. The van der Waals surface area contributed by atoms with Gasteiger partial charge in [0.2, 0.25) is 0 Å². The Morgan fingerprint density at radius 1 is 0.839 bits per heavy atom. The summed E-state index contributed by atoms with van der Waals surface area (Å²) in [7, 11) is 3.07. The topological polar surface area (TPSA) is 67.9 Å². The van der Waals surface area contributed by atoms with Crippen LogP contribution in [-0.4, -0.2) is 26.0 Å². The van der Waals surface area contributed by atoms with Crippen molar-refractivity contribution in [2.45, 2.75) is 0 Å². The molecule has 3 aromatic rings. The van der Waals surface area contributed by atoms with Crippen molar-refractivity contribution in [3.63, 3.8) is 0 Å². The van der Waals surface area contributed by atoms with E-state index < -0.39 is 11.8 Å².